The fourth-order valence-electron chi connectivity index (χ4n) is 4.85. The van der Waals surface area contributed by atoms with E-state index in [9.17, 15) is 9.00 Å². The van der Waals surface area contributed by atoms with Crippen molar-refractivity contribution < 1.29 is 13.4 Å². The average Bonchev–Trinajstić information content (AvgIpc) is 3.06. The Morgan fingerprint density at radius 1 is 1.20 bits per heavy atom. The SMILES string of the molecule is C/C=C\C/C=C\C(=C\N[C@H](C)c1cccc(C(=O)N(C)C)c1/C=C/c1cnc(N2CCN3C=NCN=C3C2)c(F)c1)S(C)=O.CC. The zero-order valence-electron chi connectivity index (χ0n) is 27.9. The van der Waals surface area contributed by atoms with E-state index in [1.54, 1.807) is 51.2 Å². The van der Waals surface area contributed by atoms with Crippen LogP contribution in [0.25, 0.3) is 12.2 Å². The fourth-order valence-corrected chi connectivity index (χ4v) is 5.37. The van der Waals surface area contributed by atoms with E-state index in [1.165, 1.54) is 11.0 Å². The smallest absolute Gasteiger partial charge is 0.253 e. The van der Waals surface area contributed by atoms with Crippen LogP contribution in [0.2, 0.25) is 0 Å². The van der Waals surface area contributed by atoms with Crippen LogP contribution in [0.4, 0.5) is 10.2 Å². The number of carbonyl (C=O) groups excluding carboxylic acids is 1. The summed E-state index contributed by atoms with van der Waals surface area (Å²) < 4.78 is 27.7. The molecule has 1 amide bonds. The van der Waals surface area contributed by atoms with Crippen molar-refractivity contribution in [1.29, 1.82) is 0 Å². The number of benzene rings is 1. The van der Waals surface area contributed by atoms with E-state index < -0.39 is 16.6 Å². The normalized spacial score (nSPS) is 16.3. The monoisotopic (exact) mass is 647 g/mol. The van der Waals surface area contributed by atoms with E-state index in [4.69, 9.17) is 0 Å². The maximum Gasteiger partial charge on any atom is 0.253 e. The number of allylic oxidation sites excluding steroid dienone is 4. The Bertz CT molecular complexity index is 1560. The lowest BCUT2D eigenvalue weighted by molar-refractivity contribution is 0.0827. The first-order valence-corrected chi connectivity index (χ1v) is 17.1. The zero-order chi connectivity index (χ0) is 33.6. The van der Waals surface area contributed by atoms with Crippen LogP contribution < -0.4 is 10.2 Å². The summed E-state index contributed by atoms with van der Waals surface area (Å²) in [5, 5.41) is 3.35. The Morgan fingerprint density at radius 2 is 1.98 bits per heavy atom. The highest BCUT2D eigenvalue weighted by Crippen LogP contribution is 2.26. The molecule has 1 saturated heterocycles. The minimum absolute atomic E-state index is 0.147. The molecule has 0 radical (unpaired) electrons. The molecule has 0 aliphatic carbocycles. The van der Waals surface area contributed by atoms with Crippen molar-refractivity contribution in [2.45, 2.75) is 40.2 Å². The van der Waals surface area contributed by atoms with Gasteiger partial charge in [0.25, 0.3) is 5.91 Å². The lowest BCUT2D eigenvalue weighted by atomic mass is 9.94. The highest BCUT2D eigenvalue weighted by Gasteiger charge is 2.25. The van der Waals surface area contributed by atoms with Crippen molar-refractivity contribution >= 4 is 46.9 Å². The molecule has 1 aromatic carbocycles. The predicted molar refractivity (Wildman–Crippen MR) is 191 cm³/mol. The predicted octanol–water partition coefficient (Wildman–Crippen LogP) is 6.03. The van der Waals surface area contributed by atoms with E-state index in [1.807, 2.05) is 80.0 Å². The third kappa shape index (κ3) is 9.56. The molecule has 2 aliphatic rings. The molecule has 2 aliphatic heterocycles. The van der Waals surface area contributed by atoms with Gasteiger partial charge < -0.3 is 20.0 Å². The van der Waals surface area contributed by atoms with Gasteiger partial charge in [-0.05, 0) is 55.2 Å². The quantitative estimate of drug-likeness (QED) is 0.237. The first kappa shape index (κ1) is 36.1. The van der Waals surface area contributed by atoms with Gasteiger partial charge in [0.1, 0.15) is 12.5 Å². The number of nitrogens with zero attached hydrogens (tertiary/aromatic N) is 6. The number of pyridine rings is 1. The molecule has 1 unspecified atom stereocenters. The third-order valence-electron chi connectivity index (χ3n) is 7.26. The molecule has 0 spiro atoms. The van der Waals surface area contributed by atoms with Gasteiger partial charge in [0.2, 0.25) is 0 Å². The molecule has 2 aromatic rings. The van der Waals surface area contributed by atoms with Crippen molar-refractivity contribution in [2.24, 2.45) is 9.98 Å². The standard InChI is InChI=1S/C33H40FN7O2S.C2H6/c1-6-7-8-9-11-26(44(5)43)20-36-24(2)27-12-10-13-29(33(42)39(3)4)28(27)15-14-25-18-30(34)32(37-19-25)40-16-17-41-23-35-22-38-31(41)21-40;1-2/h6-7,9-15,18-20,23-24,36H,8,16-17,21-22H2,1-5H3;1-2H3/b7-6-,11-9-,15-14+,26-20-;/t24-,44?;/m1./s1. The van der Waals surface area contributed by atoms with E-state index >= 15 is 4.39 Å². The van der Waals surface area contributed by atoms with Gasteiger partial charge in [-0.1, -0.05) is 56.4 Å². The van der Waals surface area contributed by atoms with Crippen LogP contribution in [0.1, 0.15) is 67.2 Å². The topological polar surface area (TPSA) is 93.5 Å². The van der Waals surface area contributed by atoms with Crippen LogP contribution in [-0.2, 0) is 10.8 Å². The van der Waals surface area contributed by atoms with Crippen LogP contribution >= 0.6 is 0 Å². The minimum atomic E-state index is -1.19. The molecule has 46 heavy (non-hydrogen) atoms. The number of hydrogen-bond donors (Lipinski definition) is 1. The maximum atomic E-state index is 15.3. The second-order valence-corrected chi connectivity index (χ2v) is 12.0. The van der Waals surface area contributed by atoms with Crippen LogP contribution in [-0.4, -0.2) is 83.7 Å². The van der Waals surface area contributed by atoms with Gasteiger partial charge in [-0.25, -0.2) is 14.4 Å². The van der Waals surface area contributed by atoms with E-state index in [0.29, 0.717) is 47.9 Å². The maximum absolute atomic E-state index is 15.3. The van der Waals surface area contributed by atoms with Crippen LogP contribution in [0.5, 0.6) is 0 Å². The molecule has 9 nitrogen and oxygen atoms in total. The number of aromatic nitrogens is 1. The number of anilines is 1. The summed E-state index contributed by atoms with van der Waals surface area (Å²) in [5.74, 6) is 0.562. The van der Waals surface area contributed by atoms with Gasteiger partial charge >= 0.3 is 0 Å². The number of nitrogens with one attached hydrogen (secondary N) is 1. The van der Waals surface area contributed by atoms with Crippen molar-refractivity contribution in [1.82, 2.24) is 20.1 Å². The van der Waals surface area contributed by atoms with Gasteiger partial charge in [0.15, 0.2) is 11.6 Å². The number of aliphatic imine (C=N–C) groups is 2. The third-order valence-corrected chi connectivity index (χ3v) is 8.17. The molecule has 1 aromatic heterocycles. The van der Waals surface area contributed by atoms with Gasteiger partial charge in [-0.15, -0.1) is 0 Å². The Morgan fingerprint density at radius 3 is 2.67 bits per heavy atom. The number of rotatable bonds is 11. The molecule has 2 atom stereocenters. The van der Waals surface area contributed by atoms with Crippen molar-refractivity contribution in [3.63, 3.8) is 0 Å². The second-order valence-electron chi connectivity index (χ2n) is 10.6. The molecule has 11 heteroatoms. The van der Waals surface area contributed by atoms with Crippen LogP contribution in [0.3, 0.4) is 0 Å². The largest absolute Gasteiger partial charge is 0.383 e. The van der Waals surface area contributed by atoms with E-state index in [-0.39, 0.29) is 17.8 Å². The number of amides is 1. The van der Waals surface area contributed by atoms with Crippen LogP contribution in [0.15, 0.2) is 75.9 Å². The summed E-state index contributed by atoms with van der Waals surface area (Å²) >= 11 is 0. The molecule has 1 N–H and O–H groups in total. The Balaban J connectivity index is 0.00000282. The molecular weight excluding hydrogens is 601 g/mol. The van der Waals surface area contributed by atoms with Crippen molar-refractivity contribution in [2.75, 3.05) is 51.6 Å². The lowest BCUT2D eigenvalue weighted by Gasteiger charge is -2.36. The molecule has 0 saturated carbocycles. The molecule has 0 bridgehead atoms. The summed E-state index contributed by atoms with van der Waals surface area (Å²) in [6.45, 7) is 10.1. The van der Waals surface area contributed by atoms with E-state index in [0.717, 1.165) is 17.8 Å². The highest BCUT2D eigenvalue weighted by atomic mass is 32.2. The van der Waals surface area contributed by atoms with E-state index in [2.05, 4.69) is 20.3 Å². The first-order valence-electron chi connectivity index (χ1n) is 15.5. The van der Waals surface area contributed by atoms with Crippen molar-refractivity contribution in [3.8, 4) is 0 Å². The van der Waals surface area contributed by atoms with Gasteiger partial charge in [-0.3, -0.25) is 14.0 Å². The number of fused-ring (bicyclic) bond motifs is 1. The molecule has 3 heterocycles. The number of hydrogen-bond acceptors (Lipinski definition) is 8. The number of amidine groups is 1. The molecular formula is C35H46FN7O2S. The van der Waals surface area contributed by atoms with Gasteiger partial charge in [-0.2, -0.15) is 0 Å². The number of halogens is 1. The summed E-state index contributed by atoms with van der Waals surface area (Å²) in [7, 11) is 2.23. The van der Waals surface area contributed by atoms with Crippen molar-refractivity contribution in [3.05, 3.63) is 93.9 Å². The van der Waals surface area contributed by atoms with Gasteiger partial charge in [0.05, 0.1) is 28.6 Å². The summed E-state index contributed by atoms with van der Waals surface area (Å²) in [4.78, 5) is 32.3. The Kier molecular flexibility index (Phi) is 14.1. The zero-order valence-corrected chi connectivity index (χ0v) is 28.7. The summed E-state index contributed by atoms with van der Waals surface area (Å²) in [5.41, 5.74) is 2.66. The number of carbonyl (C=O) groups is 1. The molecule has 4 rings (SSSR count). The fraction of sp³-hybridized carbons (Fsp3) is 0.371. The molecule has 1 fully saturated rings. The first-order chi connectivity index (χ1) is 22.2. The average molecular weight is 648 g/mol. The second kappa shape index (κ2) is 17.9. The van der Waals surface area contributed by atoms with Crippen LogP contribution in [0, 0.1) is 5.82 Å². The number of piperazine rings is 1. The molecule has 246 valence electrons. The summed E-state index contributed by atoms with van der Waals surface area (Å²) in [6.07, 6.45) is 19.0. The Hall–Kier alpha value is -4.38. The highest BCUT2D eigenvalue weighted by molar-refractivity contribution is 7.88. The summed E-state index contributed by atoms with van der Waals surface area (Å²) in [6, 6.07) is 6.81. The van der Waals surface area contributed by atoms with Gasteiger partial charge in [0, 0.05) is 57.4 Å². The minimum Gasteiger partial charge on any atom is -0.383 e. The lowest BCUT2D eigenvalue weighted by Crippen LogP contribution is -2.51. The Labute approximate surface area is 275 Å².